The first-order valence-corrected chi connectivity index (χ1v) is 8.81. The van der Waals surface area contributed by atoms with Crippen molar-refractivity contribution in [3.05, 3.63) is 36.4 Å². The molecule has 6 nitrogen and oxygen atoms in total. The second-order valence-electron chi connectivity index (χ2n) is 6.98. The molecule has 0 radical (unpaired) electrons. The van der Waals surface area contributed by atoms with Gasteiger partial charge in [0.1, 0.15) is 0 Å². The van der Waals surface area contributed by atoms with Gasteiger partial charge in [-0.1, -0.05) is 24.3 Å². The molecular formula is C20H28N4O2. The smallest absolute Gasteiger partial charge is 0.321 e. The quantitative estimate of drug-likeness (QED) is 0.842. The molecule has 0 spiro atoms. The Bertz CT molecular complexity index is 734. The maximum Gasteiger partial charge on any atom is 0.321 e. The van der Waals surface area contributed by atoms with Crippen LogP contribution in [0, 0.1) is 0 Å². The first-order valence-electron chi connectivity index (χ1n) is 8.81. The third-order valence-corrected chi connectivity index (χ3v) is 4.60. The number of anilines is 2. The molecule has 0 aliphatic heterocycles. The summed E-state index contributed by atoms with van der Waals surface area (Å²) in [6, 6.07) is 11.2. The fourth-order valence-electron chi connectivity index (χ4n) is 2.40. The zero-order valence-electron chi connectivity index (χ0n) is 16.3. The molecule has 2 aromatic carbocycles. The Labute approximate surface area is 155 Å². The Morgan fingerprint density at radius 3 is 1.38 bits per heavy atom. The number of rotatable bonds is 4. The van der Waals surface area contributed by atoms with E-state index >= 15 is 0 Å². The van der Waals surface area contributed by atoms with Crippen LogP contribution in [0.1, 0.15) is 27.7 Å². The van der Waals surface area contributed by atoms with Crippen molar-refractivity contribution >= 4 is 34.2 Å². The highest BCUT2D eigenvalue weighted by molar-refractivity contribution is 6.08. The molecule has 2 aromatic rings. The highest BCUT2D eigenvalue weighted by Gasteiger charge is 2.16. The predicted molar refractivity (Wildman–Crippen MR) is 108 cm³/mol. The van der Waals surface area contributed by atoms with E-state index in [9.17, 15) is 9.59 Å². The second kappa shape index (κ2) is 8.08. The minimum Gasteiger partial charge on any atom is -0.325 e. The van der Waals surface area contributed by atoms with E-state index in [-0.39, 0.29) is 24.1 Å². The molecule has 140 valence electrons. The minimum absolute atomic E-state index is 0.103. The number of hydrogen-bond donors (Lipinski definition) is 2. The number of benzene rings is 2. The molecule has 0 heterocycles. The summed E-state index contributed by atoms with van der Waals surface area (Å²) in [5.74, 6) is 0. The Hall–Kier alpha value is -2.76. The van der Waals surface area contributed by atoms with Gasteiger partial charge in [-0.15, -0.1) is 0 Å². The van der Waals surface area contributed by atoms with E-state index in [0.29, 0.717) is 11.4 Å². The highest BCUT2D eigenvalue weighted by Crippen LogP contribution is 2.29. The molecule has 0 saturated carbocycles. The molecule has 0 unspecified atom stereocenters. The minimum atomic E-state index is -0.165. The van der Waals surface area contributed by atoms with Crippen LogP contribution in [0.3, 0.4) is 0 Å². The Morgan fingerprint density at radius 1 is 0.731 bits per heavy atom. The highest BCUT2D eigenvalue weighted by atomic mass is 16.2. The molecular weight excluding hydrogens is 328 g/mol. The van der Waals surface area contributed by atoms with Crippen LogP contribution in [0.5, 0.6) is 0 Å². The fraction of sp³-hybridized carbons (Fsp3) is 0.400. The molecule has 6 heteroatoms. The van der Waals surface area contributed by atoms with Gasteiger partial charge in [-0.25, -0.2) is 9.59 Å². The number of nitrogens with zero attached hydrogens (tertiary/aromatic N) is 2. The van der Waals surface area contributed by atoms with E-state index in [0.717, 1.165) is 10.8 Å². The molecule has 2 N–H and O–H groups in total. The van der Waals surface area contributed by atoms with Gasteiger partial charge >= 0.3 is 12.1 Å². The third kappa shape index (κ3) is 4.25. The summed E-state index contributed by atoms with van der Waals surface area (Å²) in [7, 11) is 3.52. The zero-order valence-corrected chi connectivity index (χ0v) is 16.3. The van der Waals surface area contributed by atoms with Crippen molar-refractivity contribution in [2.45, 2.75) is 39.8 Å². The zero-order chi connectivity index (χ0) is 19.4. The molecule has 2 rings (SSSR count). The summed E-state index contributed by atoms with van der Waals surface area (Å²) in [5, 5.41) is 7.66. The monoisotopic (exact) mass is 356 g/mol. The van der Waals surface area contributed by atoms with Crippen LogP contribution in [0.25, 0.3) is 10.8 Å². The molecule has 0 atom stereocenters. The average Bonchev–Trinajstić information content (AvgIpc) is 2.60. The van der Waals surface area contributed by atoms with Gasteiger partial charge < -0.3 is 20.4 Å². The van der Waals surface area contributed by atoms with Gasteiger partial charge in [-0.3, -0.25) is 0 Å². The Kier molecular flexibility index (Phi) is 6.08. The summed E-state index contributed by atoms with van der Waals surface area (Å²) < 4.78 is 0. The average molecular weight is 356 g/mol. The lowest BCUT2D eigenvalue weighted by atomic mass is 10.1. The van der Waals surface area contributed by atoms with E-state index in [1.807, 2.05) is 64.1 Å². The van der Waals surface area contributed by atoms with Crippen molar-refractivity contribution in [2.75, 3.05) is 24.7 Å². The number of hydrogen-bond acceptors (Lipinski definition) is 2. The second-order valence-corrected chi connectivity index (χ2v) is 6.98. The first-order chi connectivity index (χ1) is 12.2. The maximum absolute atomic E-state index is 12.4. The summed E-state index contributed by atoms with van der Waals surface area (Å²) in [4.78, 5) is 28.0. The molecule has 0 saturated heterocycles. The lowest BCUT2D eigenvalue weighted by Gasteiger charge is -2.23. The van der Waals surface area contributed by atoms with Crippen LogP contribution in [0.15, 0.2) is 36.4 Å². The van der Waals surface area contributed by atoms with Crippen molar-refractivity contribution in [2.24, 2.45) is 0 Å². The molecule has 0 fully saturated rings. The third-order valence-electron chi connectivity index (χ3n) is 4.60. The molecule has 0 aromatic heterocycles. The topological polar surface area (TPSA) is 64.7 Å². The number of nitrogens with one attached hydrogen (secondary N) is 2. The van der Waals surface area contributed by atoms with Crippen LogP contribution < -0.4 is 10.6 Å². The normalized spacial score (nSPS) is 10.9. The fourth-order valence-corrected chi connectivity index (χ4v) is 2.40. The van der Waals surface area contributed by atoms with Gasteiger partial charge in [-0.2, -0.15) is 0 Å². The number of carbonyl (C=O) groups is 2. The summed E-state index contributed by atoms with van der Waals surface area (Å²) in [6.45, 7) is 7.84. The predicted octanol–water partition coefficient (Wildman–Crippen LogP) is 4.58. The number of fused-ring (bicyclic) bond motifs is 1. The largest absolute Gasteiger partial charge is 0.325 e. The van der Waals surface area contributed by atoms with Crippen LogP contribution in [0.2, 0.25) is 0 Å². The molecule has 0 bridgehead atoms. The van der Waals surface area contributed by atoms with Gasteiger partial charge in [0.25, 0.3) is 0 Å². The maximum atomic E-state index is 12.4. The number of urea groups is 2. The van der Waals surface area contributed by atoms with Crippen molar-refractivity contribution in [3.63, 3.8) is 0 Å². The van der Waals surface area contributed by atoms with E-state index in [1.54, 1.807) is 23.9 Å². The lowest BCUT2D eigenvalue weighted by molar-refractivity contribution is 0.211. The molecule has 0 aliphatic carbocycles. The van der Waals surface area contributed by atoms with Gasteiger partial charge in [0, 0.05) is 37.0 Å². The van der Waals surface area contributed by atoms with Crippen LogP contribution in [-0.4, -0.2) is 48.0 Å². The van der Waals surface area contributed by atoms with E-state index in [4.69, 9.17) is 0 Å². The summed E-state index contributed by atoms with van der Waals surface area (Å²) in [5.41, 5.74) is 1.43. The van der Waals surface area contributed by atoms with Gasteiger partial charge in [0.15, 0.2) is 0 Å². The first kappa shape index (κ1) is 19.6. The van der Waals surface area contributed by atoms with Crippen molar-refractivity contribution in [3.8, 4) is 0 Å². The molecule has 26 heavy (non-hydrogen) atoms. The number of carbonyl (C=O) groups excluding carboxylic acids is 2. The van der Waals surface area contributed by atoms with Crippen molar-refractivity contribution in [1.29, 1.82) is 0 Å². The number of amides is 4. The van der Waals surface area contributed by atoms with E-state index in [1.165, 1.54) is 0 Å². The Morgan fingerprint density at radius 2 is 1.08 bits per heavy atom. The van der Waals surface area contributed by atoms with Gasteiger partial charge in [0.05, 0.1) is 11.4 Å². The van der Waals surface area contributed by atoms with Crippen LogP contribution in [-0.2, 0) is 0 Å². The van der Waals surface area contributed by atoms with Gasteiger partial charge in [0.2, 0.25) is 0 Å². The lowest BCUT2D eigenvalue weighted by Crippen LogP contribution is -2.36. The van der Waals surface area contributed by atoms with Crippen molar-refractivity contribution in [1.82, 2.24) is 9.80 Å². The van der Waals surface area contributed by atoms with Gasteiger partial charge in [-0.05, 0) is 39.8 Å². The molecule has 0 aliphatic rings. The van der Waals surface area contributed by atoms with E-state index in [2.05, 4.69) is 10.6 Å². The summed E-state index contributed by atoms with van der Waals surface area (Å²) in [6.07, 6.45) is 0. The molecule has 4 amide bonds. The SMILES string of the molecule is CC(C)N(C)C(=O)Nc1cccc2c(NC(=O)N(C)C(C)C)cccc12. The standard InChI is InChI=1S/C20H28N4O2/c1-13(2)23(5)19(25)21-17-11-7-10-16-15(17)9-8-12-18(16)22-20(26)24(6)14(3)4/h7-14H,1-6H3,(H,21,25)(H,22,26). The van der Waals surface area contributed by atoms with Crippen LogP contribution >= 0.6 is 0 Å². The van der Waals surface area contributed by atoms with Crippen molar-refractivity contribution < 1.29 is 9.59 Å². The Balaban J connectivity index is 2.34. The van der Waals surface area contributed by atoms with E-state index < -0.39 is 0 Å². The summed E-state index contributed by atoms with van der Waals surface area (Å²) >= 11 is 0. The van der Waals surface area contributed by atoms with Crippen LogP contribution in [0.4, 0.5) is 21.0 Å².